The van der Waals surface area contributed by atoms with Gasteiger partial charge in [0.15, 0.2) is 0 Å². The van der Waals surface area contributed by atoms with Crippen molar-refractivity contribution in [1.29, 1.82) is 0 Å². The van der Waals surface area contributed by atoms with Gasteiger partial charge in [0.25, 0.3) is 0 Å². The monoisotopic (exact) mass is 427 g/mol. The van der Waals surface area contributed by atoms with Gasteiger partial charge < -0.3 is 15.1 Å². The third-order valence-electron chi connectivity index (χ3n) is 5.29. The minimum atomic E-state index is 0. The first-order valence-electron chi connectivity index (χ1n) is 8.91. The molecule has 1 aromatic heterocycles. The van der Waals surface area contributed by atoms with Gasteiger partial charge in [-0.15, -0.1) is 37.2 Å². The summed E-state index contributed by atoms with van der Waals surface area (Å²) in [7, 11) is 1.99. The second-order valence-corrected chi connectivity index (χ2v) is 6.84. The van der Waals surface area contributed by atoms with Gasteiger partial charge in [0.2, 0.25) is 5.91 Å². The molecule has 0 spiro atoms. The third-order valence-corrected chi connectivity index (χ3v) is 5.29. The third kappa shape index (κ3) is 7.24. The zero-order chi connectivity index (χ0) is 16.1. The van der Waals surface area contributed by atoms with Crippen LogP contribution in [0.25, 0.3) is 0 Å². The largest absolute Gasteiger partial charge is 0.343 e. The van der Waals surface area contributed by atoms with Crippen molar-refractivity contribution < 1.29 is 4.79 Å². The Labute approximate surface area is 175 Å². The first-order valence-corrected chi connectivity index (χ1v) is 8.91. The summed E-state index contributed by atoms with van der Waals surface area (Å²) in [6.07, 6.45) is 9.01. The van der Waals surface area contributed by atoms with Gasteiger partial charge in [-0.05, 0) is 38.3 Å². The SMILES string of the molecule is CN(C(=O)CC1CCCN1)C1CCN(CCn2cccn2)CC1.Cl.Cl.Cl. The summed E-state index contributed by atoms with van der Waals surface area (Å²) in [5, 5.41) is 7.67. The lowest BCUT2D eigenvalue weighted by molar-refractivity contribution is -0.133. The molecule has 9 heteroatoms. The van der Waals surface area contributed by atoms with Crippen LogP contribution in [0.15, 0.2) is 18.5 Å². The molecule has 0 bridgehead atoms. The molecule has 2 saturated heterocycles. The minimum absolute atomic E-state index is 0. The molecule has 1 unspecified atom stereocenters. The number of hydrogen-bond acceptors (Lipinski definition) is 4. The number of likely N-dealkylation sites (tertiary alicyclic amines) is 1. The number of rotatable bonds is 6. The van der Waals surface area contributed by atoms with Gasteiger partial charge in [0.1, 0.15) is 0 Å². The van der Waals surface area contributed by atoms with Gasteiger partial charge in [-0.2, -0.15) is 5.10 Å². The lowest BCUT2D eigenvalue weighted by atomic mass is 10.0. The maximum Gasteiger partial charge on any atom is 0.224 e. The van der Waals surface area contributed by atoms with E-state index in [0.717, 1.165) is 52.0 Å². The zero-order valence-corrected chi connectivity index (χ0v) is 17.8. The van der Waals surface area contributed by atoms with Crippen LogP contribution in [0.1, 0.15) is 32.1 Å². The van der Waals surface area contributed by atoms with E-state index in [0.29, 0.717) is 24.4 Å². The van der Waals surface area contributed by atoms with Crippen molar-refractivity contribution in [3.63, 3.8) is 0 Å². The van der Waals surface area contributed by atoms with Crippen LogP contribution in [-0.2, 0) is 11.3 Å². The molecule has 2 aliphatic rings. The molecule has 1 aromatic rings. The quantitative estimate of drug-likeness (QED) is 0.755. The van der Waals surface area contributed by atoms with Crippen molar-refractivity contribution in [2.45, 2.75) is 50.7 Å². The van der Waals surface area contributed by atoms with Crippen LogP contribution in [-0.4, -0.2) is 70.8 Å². The van der Waals surface area contributed by atoms with Crippen LogP contribution in [0.4, 0.5) is 0 Å². The number of nitrogens with one attached hydrogen (secondary N) is 1. The second-order valence-electron chi connectivity index (χ2n) is 6.84. The highest BCUT2D eigenvalue weighted by molar-refractivity contribution is 5.86. The molecule has 0 aromatic carbocycles. The van der Waals surface area contributed by atoms with Crippen molar-refractivity contribution in [1.82, 2.24) is 24.9 Å². The average Bonchev–Trinajstić information content (AvgIpc) is 3.26. The van der Waals surface area contributed by atoms with Gasteiger partial charge in [-0.1, -0.05) is 0 Å². The van der Waals surface area contributed by atoms with Gasteiger partial charge in [0, 0.05) is 57.6 Å². The van der Waals surface area contributed by atoms with Crippen molar-refractivity contribution >= 4 is 43.1 Å². The number of piperidine rings is 1. The maximum absolute atomic E-state index is 12.4. The molecule has 3 rings (SSSR count). The lowest BCUT2D eigenvalue weighted by Crippen LogP contribution is -2.47. The highest BCUT2D eigenvalue weighted by Crippen LogP contribution is 2.18. The van der Waals surface area contributed by atoms with E-state index in [2.05, 4.69) is 15.3 Å². The Morgan fingerprint density at radius 2 is 1.92 bits per heavy atom. The summed E-state index contributed by atoms with van der Waals surface area (Å²) < 4.78 is 1.98. The van der Waals surface area contributed by atoms with E-state index < -0.39 is 0 Å². The Kier molecular flexibility index (Phi) is 12.5. The predicted molar refractivity (Wildman–Crippen MR) is 112 cm³/mol. The molecule has 152 valence electrons. The van der Waals surface area contributed by atoms with Gasteiger partial charge >= 0.3 is 0 Å². The summed E-state index contributed by atoms with van der Waals surface area (Å²) in [5.41, 5.74) is 0. The summed E-state index contributed by atoms with van der Waals surface area (Å²) in [6, 6.07) is 2.77. The number of hydrogen-bond donors (Lipinski definition) is 1. The first-order chi connectivity index (χ1) is 11.2. The number of aromatic nitrogens is 2. The number of nitrogens with zero attached hydrogens (tertiary/aromatic N) is 4. The van der Waals surface area contributed by atoms with Crippen LogP contribution < -0.4 is 5.32 Å². The van der Waals surface area contributed by atoms with Crippen LogP contribution >= 0.6 is 37.2 Å². The maximum atomic E-state index is 12.4. The highest BCUT2D eigenvalue weighted by Gasteiger charge is 2.27. The smallest absolute Gasteiger partial charge is 0.224 e. The fraction of sp³-hybridized carbons (Fsp3) is 0.765. The molecule has 0 saturated carbocycles. The van der Waals surface area contributed by atoms with E-state index in [1.54, 1.807) is 0 Å². The standard InChI is InChI=1S/C17H29N5O.3ClH/c1-20(17(23)14-15-4-2-7-18-15)16-5-10-21(11-6-16)12-13-22-9-3-8-19-22;;;/h3,8-9,15-16,18H,2,4-7,10-14H2,1H3;3*1H. The molecule has 2 aliphatic heterocycles. The Balaban J connectivity index is 0.00000208. The van der Waals surface area contributed by atoms with Gasteiger partial charge in [-0.3, -0.25) is 9.48 Å². The lowest BCUT2D eigenvalue weighted by Gasteiger charge is -2.37. The molecule has 1 atom stereocenters. The van der Waals surface area contributed by atoms with Crippen molar-refractivity contribution in [2.24, 2.45) is 0 Å². The normalized spacial score (nSPS) is 20.6. The Morgan fingerprint density at radius 3 is 2.50 bits per heavy atom. The number of carbonyl (C=O) groups excluding carboxylic acids is 1. The fourth-order valence-electron chi connectivity index (χ4n) is 3.70. The van der Waals surface area contributed by atoms with Gasteiger partial charge in [-0.25, -0.2) is 0 Å². The number of halogens is 3. The molecular weight excluding hydrogens is 397 g/mol. The number of carbonyl (C=O) groups is 1. The molecule has 3 heterocycles. The first kappa shape index (κ1) is 25.5. The van der Waals surface area contributed by atoms with Crippen LogP contribution in [0, 0.1) is 0 Å². The Bertz CT molecular complexity index is 489. The molecular formula is C17H32Cl3N5O. The molecule has 2 fully saturated rings. The zero-order valence-electron chi connectivity index (χ0n) is 15.4. The number of amides is 1. The molecule has 26 heavy (non-hydrogen) atoms. The Hall–Kier alpha value is -0.530. The predicted octanol–water partition coefficient (Wildman–Crippen LogP) is 2.21. The average molecular weight is 429 g/mol. The van der Waals surface area contributed by atoms with E-state index in [9.17, 15) is 4.79 Å². The minimum Gasteiger partial charge on any atom is -0.343 e. The van der Waals surface area contributed by atoms with Crippen molar-refractivity contribution in [2.75, 3.05) is 33.2 Å². The molecule has 1 N–H and O–H groups in total. The summed E-state index contributed by atoms with van der Waals surface area (Å²) in [5.74, 6) is 0.305. The van der Waals surface area contributed by atoms with E-state index >= 15 is 0 Å². The van der Waals surface area contributed by atoms with E-state index in [1.807, 2.05) is 35.1 Å². The Morgan fingerprint density at radius 1 is 1.19 bits per heavy atom. The molecule has 1 amide bonds. The fourth-order valence-corrected chi connectivity index (χ4v) is 3.70. The summed E-state index contributed by atoms with van der Waals surface area (Å²) >= 11 is 0. The molecule has 0 radical (unpaired) electrons. The van der Waals surface area contributed by atoms with Gasteiger partial charge in [0.05, 0.1) is 6.54 Å². The van der Waals surface area contributed by atoms with E-state index in [4.69, 9.17) is 0 Å². The van der Waals surface area contributed by atoms with Crippen molar-refractivity contribution in [3.8, 4) is 0 Å². The molecule has 6 nitrogen and oxygen atoms in total. The summed E-state index contributed by atoms with van der Waals surface area (Å²) in [4.78, 5) is 16.9. The summed E-state index contributed by atoms with van der Waals surface area (Å²) in [6.45, 7) is 5.20. The topological polar surface area (TPSA) is 53.4 Å². The second kappa shape index (κ2) is 12.8. The van der Waals surface area contributed by atoms with E-state index in [1.165, 1.54) is 6.42 Å². The molecule has 0 aliphatic carbocycles. The van der Waals surface area contributed by atoms with E-state index in [-0.39, 0.29) is 37.2 Å². The van der Waals surface area contributed by atoms with Crippen molar-refractivity contribution in [3.05, 3.63) is 18.5 Å². The van der Waals surface area contributed by atoms with Crippen LogP contribution in [0.2, 0.25) is 0 Å². The highest BCUT2D eigenvalue weighted by atomic mass is 35.5. The van der Waals surface area contributed by atoms with Crippen LogP contribution in [0.3, 0.4) is 0 Å². The van der Waals surface area contributed by atoms with Crippen LogP contribution in [0.5, 0.6) is 0 Å².